The van der Waals surface area contributed by atoms with E-state index in [9.17, 15) is 40.5 Å². The standard InChI is InChI=1S/C5H8ClN5O8/c6-2-1-3-7(11(18)19)4-5(8(12)13,9(14)15)10(16)17/h1-4H2. The zero-order valence-corrected chi connectivity index (χ0v) is 9.96. The molecule has 0 heterocycles. The molecule has 0 spiro atoms. The molecule has 14 heteroatoms. The van der Waals surface area contributed by atoms with Crippen molar-refractivity contribution in [3.63, 3.8) is 0 Å². The number of alkyl halides is 1. The van der Waals surface area contributed by atoms with Crippen molar-refractivity contribution in [3.8, 4) is 0 Å². The summed E-state index contributed by atoms with van der Waals surface area (Å²) in [6, 6.07) is 0. The van der Waals surface area contributed by atoms with Gasteiger partial charge in [-0.25, -0.2) is 10.1 Å². The first kappa shape index (κ1) is 16.7. The van der Waals surface area contributed by atoms with E-state index in [2.05, 4.69) is 0 Å². The molecule has 0 atom stereocenters. The summed E-state index contributed by atoms with van der Waals surface area (Å²) in [6.07, 6.45) is -0.0221. The summed E-state index contributed by atoms with van der Waals surface area (Å²) in [7, 11) is 0. The smallest absolute Gasteiger partial charge is 0.253 e. The van der Waals surface area contributed by atoms with Gasteiger partial charge in [0, 0.05) is 5.88 Å². The monoisotopic (exact) mass is 301 g/mol. The number of nitrogens with zero attached hydrogens (tertiary/aromatic N) is 5. The van der Waals surface area contributed by atoms with Gasteiger partial charge in [-0.3, -0.25) is 30.3 Å². The fourth-order valence-electron chi connectivity index (χ4n) is 1.08. The Morgan fingerprint density at radius 3 is 1.63 bits per heavy atom. The Morgan fingerprint density at radius 1 is 0.947 bits per heavy atom. The molecule has 0 aromatic rings. The predicted molar refractivity (Wildman–Crippen MR) is 57.6 cm³/mol. The van der Waals surface area contributed by atoms with Gasteiger partial charge >= 0.3 is 5.79 Å². The van der Waals surface area contributed by atoms with Gasteiger partial charge in [-0.05, 0) is 6.42 Å². The summed E-state index contributed by atoms with van der Waals surface area (Å²) in [6.45, 7) is -2.10. The predicted octanol–water partition coefficient (Wildman–Crippen LogP) is -0.407. The van der Waals surface area contributed by atoms with E-state index in [-0.39, 0.29) is 17.3 Å². The molecule has 0 aliphatic heterocycles. The van der Waals surface area contributed by atoms with Gasteiger partial charge in [0.05, 0.1) is 6.54 Å². The minimum atomic E-state index is -3.89. The van der Waals surface area contributed by atoms with Crippen LogP contribution in [0.25, 0.3) is 0 Å². The van der Waals surface area contributed by atoms with Gasteiger partial charge in [-0.15, -0.1) is 16.6 Å². The lowest BCUT2D eigenvalue weighted by Gasteiger charge is -2.14. The molecule has 0 aromatic carbocycles. The van der Waals surface area contributed by atoms with Crippen LogP contribution in [0.3, 0.4) is 0 Å². The Balaban J connectivity index is 5.39. The molecular formula is C5H8ClN5O8. The lowest BCUT2D eigenvalue weighted by Crippen LogP contribution is -2.61. The number of nitro groups is 4. The second kappa shape index (κ2) is 6.58. The first-order valence-corrected chi connectivity index (χ1v) is 5.12. The van der Waals surface area contributed by atoms with Crippen LogP contribution in [0.2, 0.25) is 0 Å². The van der Waals surface area contributed by atoms with Gasteiger partial charge in [-0.2, -0.15) is 0 Å². The maximum Gasteiger partial charge on any atom is 0.723 e. The van der Waals surface area contributed by atoms with Crippen LogP contribution in [-0.2, 0) is 0 Å². The molecule has 13 nitrogen and oxygen atoms in total. The third-order valence-electron chi connectivity index (χ3n) is 2.05. The number of halogens is 1. The third kappa shape index (κ3) is 3.57. The summed E-state index contributed by atoms with van der Waals surface area (Å²) in [5, 5.41) is 41.2. The number of rotatable bonds is 9. The first-order valence-electron chi connectivity index (χ1n) is 4.58. The Labute approximate surface area is 109 Å². The highest BCUT2D eigenvalue weighted by molar-refractivity contribution is 6.17. The van der Waals surface area contributed by atoms with Crippen molar-refractivity contribution in [1.29, 1.82) is 0 Å². The molecule has 108 valence electrons. The van der Waals surface area contributed by atoms with Crippen molar-refractivity contribution >= 4 is 11.6 Å². The van der Waals surface area contributed by atoms with Crippen molar-refractivity contribution < 1.29 is 19.8 Å². The summed E-state index contributed by atoms with van der Waals surface area (Å²) in [4.78, 5) is 37.0. The van der Waals surface area contributed by atoms with Gasteiger partial charge in [0.2, 0.25) is 0 Å². The lowest BCUT2D eigenvalue weighted by atomic mass is 10.3. The second-order valence-corrected chi connectivity index (χ2v) is 3.59. The molecule has 19 heavy (non-hydrogen) atoms. The average molecular weight is 302 g/mol. The molecule has 0 amide bonds. The van der Waals surface area contributed by atoms with E-state index in [1.807, 2.05) is 0 Å². The highest BCUT2D eigenvalue weighted by Gasteiger charge is 2.73. The molecule has 0 saturated heterocycles. The maximum absolute atomic E-state index is 10.6. The van der Waals surface area contributed by atoms with Crippen LogP contribution in [0, 0.1) is 40.5 Å². The van der Waals surface area contributed by atoms with Crippen molar-refractivity contribution in [3.05, 3.63) is 40.5 Å². The van der Waals surface area contributed by atoms with Crippen LogP contribution >= 0.6 is 11.6 Å². The van der Waals surface area contributed by atoms with E-state index in [0.717, 1.165) is 0 Å². The second-order valence-electron chi connectivity index (χ2n) is 3.21. The van der Waals surface area contributed by atoms with Crippen molar-refractivity contribution in [2.75, 3.05) is 19.0 Å². The van der Waals surface area contributed by atoms with Gasteiger partial charge in [0.15, 0.2) is 19.8 Å². The highest BCUT2D eigenvalue weighted by atomic mass is 35.5. The number of hydrogen-bond donors (Lipinski definition) is 0. The van der Waals surface area contributed by atoms with E-state index in [0.29, 0.717) is 0 Å². The molecule has 0 rings (SSSR count). The Kier molecular flexibility index (Phi) is 5.78. The largest absolute Gasteiger partial charge is 0.723 e. The molecular weight excluding hydrogens is 294 g/mol. The summed E-state index contributed by atoms with van der Waals surface area (Å²) in [5.41, 5.74) is 0. The Hall–Kier alpha value is -2.31. The van der Waals surface area contributed by atoms with Crippen LogP contribution in [0.15, 0.2) is 0 Å². The Bertz CT molecular complexity index is 365. The van der Waals surface area contributed by atoms with Gasteiger partial charge < -0.3 is 0 Å². The maximum atomic E-state index is 10.6. The van der Waals surface area contributed by atoms with E-state index < -0.39 is 38.7 Å². The molecule has 0 aliphatic carbocycles. The van der Waals surface area contributed by atoms with Crippen LogP contribution in [-0.4, -0.2) is 49.6 Å². The SMILES string of the molecule is O=[N+]([O-])N(CCCCl)CC([N+](=O)[O-])([N+](=O)[O-])[N+](=O)[O-]. The highest BCUT2D eigenvalue weighted by Crippen LogP contribution is 2.15. The molecule has 0 radical (unpaired) electrons. The van der Waals surface area contributed by atoms with Gasteiger partial charge in [0.25, 0.3) is 6.54 Å². The van der Waals surface area contributed by atoms with Crippen molar-refractivity contribution in [2.24, 2.45) is 0 Å². The third-order valence-corrected chi connectivity index (χ3v) is 2.32. The quantitative estimate of drug-likeness (QED) is 0.237. The molecule has 0 aliphatic rings. The van der Waals surface area contributed by atoms with Crippen molar-refractivity contribution in [1.82, 2.24) is 5.01 Å². The van der Waals surface area contributed by atoms with Crippen LogP contribution in [0.4, 0.5) is 0 Å². The lowest BCUT2D eigenvalue weighted by molar-refractivity contribution is -0.973. The number of hydrazine groups is 1. The molecule has 0 unspecified atom stereocenters. The van der Waals surface area contributed by atoms with E-state index >= 15 is 0 Å². The summed E-state index contributed by atoms with van der Waals surface area (Å²) in [5.74, 6) is -3.94. The topological polar surface area (TPSA) is 176 Å². The van der Waals surface area contributed by atoms with E-state index in [1.165, 1.54) is 0 Å². The molecule has 0 bridgehead atoms. The number of hydrogen-bond acceptors (Lipinski definition) is 8. The fourth-order valence-corrected chi connectivity index (χ4v) is 1.20. The molecule has 0 aromatic heterocycles. The molecule has 0 fully saturated rings. The van der Waals surface area contributed by atoms with Gasteiger partial charge in [0.1, 0.15) is 0 Å². The minimum Gasteiger partial charge on any atom is -0.253 e. The zero-order valence-electron chi connectivity index (χ0n) is 9.21. The van der Waals surface area contributed by atoms with Crippen LogP contribution < -0.4 is 0 Å². The first-order chi connectivity index (χ1) is 8.70. The zero-order chi connectivity index (χ0) is 15.2. The Morgan fingerprint density at radius 2 is 1.37 bits per heavy atom. The summed E-state index contributed by atoms with van der Waals surface area (Å²) >= 11 is 5.26. The van der Waals surface area contributed by atoms with E-state index in [1.54, 1.807) is 0 Å². The average Bonchev–Trinajstić information content (AvgIpc) is 2.27. The van der Waals surface area contributed by atoms with Crippen LogP contribution in [0.5, 0.6) is 0 Å². The molecule has 0 N–H and O–H groups in total. The van der Waals surface area contributed by atoms with Crippen LogP contribution in [0.1, 0.15) is 6.42 Å². The molecule has 0 saturated carbocycles. The van der Waals surface area contributed by atoms with Gasteiger partial charge in [-0.1, -0.05) is 0 Å². The summed E-state index contributed by atoms with van der Waals surface area (Å²) < 4.78 is 0. The normalized spacial score (nSPS) is 10.8. The minimum absolute atomic E-state index is 0.0221. The van der Waals surface area contributed by atoms with E-state index in [4.69, 9.17) is 11.6 Å². The fraction of sp³-hybridized carbons (Fsp3) is 1.00. The van der Waals surface area contributed by atoms with Crippen molar-refractivity contribution in [2.45, 2.75) is 12.2 Å².